The van der Waals surface area contributed by atoms with Crippen LogP contribution in [0.25, 0.3) is 5.69 Å². The zero-order valence-electron chi connectivity index (χ0n) is 11.7. The first-order valence-electron chi connectivity index (χ1n) is 7.16. The zero-order valence-corrected chi connectivity index (χ0v) is 11.7. The smallest absolute Gasteiger partial charge is 0.229 e. The van der Waals surface area contributed by atoms with Crippen molar-refractivity contribution in [2.75, 3.05) is 6.54 Å². The molecule has 1 aliphatic rings. The number of imide groups is 1. The quantitative estimate of drug-likeness (QED) is 0.806. The third-order valence-corrected chi connectivity index (χ3v) is 3.66. The average molecular weight is 283 g/mol. The number of benzene rings is 1. The lowest BCUT2D eigenvalue weighted by molar-refractivity contribution is -0.147. The first kappa shape index (κ1) is 13.5. The van der Waals surface area contributed by atoms with Gasteiger partial charge in [-0.15, -0.1) is 0 Å². The Morgan fingerprint density at radius 1 is 1.05 bits per heavy atom. The van der Waals surface area contributed by atoms with Crippen LogP contribution in [-0.2, 0) is 16.0 Å². The van der Waals surface area contributed by atoms with Crippen molar-refractivity contribution in [1.29, 1.82) is 0 Å². The Morgan fingerprint density at radius 2 is 1.76 bits per heavy atom. The molecular formula is C16H17N3O2. The molecule has 1 aliphatic heterocycles. The fraction of sp³-hybridized carbons (Fsp3) is 0.312. The summed E-state index contributed by atoms with van der Waals surface area (Å²) in [4.78, 5) is 24.9. The molecule has 2 amide bonds. The van der Waals surface area contributed by atoms with Gasteiger partial charge in [0.2, 0.25) is 11.8 Å². The lowest BCUT2D eigenvalue weighted by Crippen LogP contribution is -2.41. The molecule has 2 aromatic rings. The number of amides is 2. The first-order chi connectivity index (χ1) is 10.2. The summed E-state index contributed by atoms with van der Waals surface area (Å²) >= 11 is 0. The normalized spacial score (nSPS) is 15.5. The minimum absolute atomic E-state index is 0.0540. The van der Waals surface area contributed by atoms with Crippen LogP contribution in [0, 0.1) is 0 Å². The highest BCUT2D eigenvalue weighted by Gasteiger charge is 2.25. The van der Waals surface area contributed by atoms with Gasteiger partial charge in [-0.25, -0.2) is 4.68 Å². The standard InChI is InChI=1S/C16H17N3O2/c20-15-7-4-8-16(21)18(15)10-9-13-11-17-19(12-13)14-5-2-1-3-6-14/h1-3,5-6,11-12H,4,7-10H2. The van der Waals surface area contributed by atoms with Gasteiger partial charge in [-0.05, 0) is 30.5 Å². The highest BCUT2D eigenvalue weighted by molar-refractivity contribution is 5.97. The molecule has 0 radical (unpaired) electrons. The third kappa shape index (κ3) is 3.02. The van der Waals surface area contributed by atoms with E-state index in [4.69, 9.17) is 0 Å². The van der Waals surface area contributed by atoms with E-state index in [0.717, 1.165) is 11.3 Å². The third-order valence-electron chi connectivity index (χ3n) is 3.66. The van der Waals surface area contributed by atoms with Gasteiger partial charge < -0.3 is 0 Å². The van der Waals surface area contributed by atoms with Gasteiger partial charge in [0.05, 0.1) is 11.9 Å². The molecule has 0 unspecified atom stereocenters. The second-order valence-electron chi connectivity index (χ2n) is 5.17. The van der Waals surface area contributed by atoms with Gasteiger partial charge in [0.15, 0.2) is 0 Å². The summed E-state index contributed by atoms with van der Waals surface area (Å²) in [6.45, 7) is 0.443. The maximum absolute atomic E-state index is 11.7. The number of para-hydroxylation sites is 1. The second-order valence-corrected chi connectivity index (χ2v) is 5.17. The van der Waals surface area contributed by atoms with Gasteiger partial charge in [0, 0.05) is 25.6 Å². The van der Waals surface area contributed by atoms with Gasteiger partial charge in [0.1, 0.15) is 0 Å². The van der Waals surface area contributed by atoms with E-state index < -0.39 is 0 Å². The predicted octanol–water partition coefficient (Wildman–Crippen LogP) is 1.95. The van der Waals surface area contributed by atoms with E-state index in [1.165, 1.54) is 4.90 Å². The van der Waals surface area contributed by atoms with Crippen molar-refractivity contribution in [1.82, 2.24) is 14.7 Å². The maximum Gasteiger partial charge on any atom is 0.229 e. The number of carbonyl (C=O) groups excluding carboxylic acids is 2. The van der Waals surface area contributed by atoms with Gasteiger partial charge in [0.25, 0.3) is 0 Å². The molecule has 0 bridgehead atoms. The van der Waals surface area contributed by atoms with Crippen LogP contribution in [0.5, 0.6) is 0 Å². The van der Waals surface area contributed by atoms with Crippen LogP contribution in [0.1, 0.15) is 24.8 Å². The first-order valence-corrected chi connectivity index (χ1v) is 7.16. The molecule has 108 valence electrons. The van der Waals surface area contributed by atoms with Crippen molar-refractivity contribution in [2.45, 2.75) is 25.7 Å². The Hall–Kier alpha value is -2.43. The number of likely N-dealkylation sites (tertiary alicyclic amines) is 1. The molecule has 21 heavy (non-hydrogen) atoms. The van der Waals surface area contributed by atoms with Crippen molar-refractivity contribution in [3.63, 3.8) is 0 Å². The van der Waals surface area contributed by atoms with Crippen molar-refractivity contribution in [3.05, 3.63) is 48.3 Å². The monoisotopic (exact) mass is 283 g/mol. The molecule has 5 heteroatoms. The van der Waals surface area contributed by atoms with Crippen LogP contribution in [-0.4, -0.2) is 33.0 Å². The summed E-state index contributed by atoms with van der Waals surface area (Å²) in [5, 5.41) is 4.32. The summed E-state index contributed by atoms with van der Waals surface area (Å²) in [5.41, 5.74) is 2.01. The summed E-state index contributed by atoms with van der Waals surface area (Å²) in [5.74, 6) is -0.108. The van der Waals surface area contributed by atoms with Gasteiger partial charge in [-0.2, -0.15) is 5.10 Å². The lowest BCUT2D eigenvalue weighted by Gasteiger charge is -2.24. The molecule has 1 fully saturated rings. The molecule has 5 nitrogen and oxygen atoms in total. The van der Waals surface area contributed by atoms with Crippen molar-refractivity contribution in [2.24, 2.45) is 0 Å². The van der Waals surface area contributed by atoms with Crippen LogP contribution in [0.3, 0.4) is 0 Å². The van der Waals surface area contributed by atoms with E-state index >= 15 is 0 Å². The van der Waals surface area contributed by atoms with Crippen LogP contribution < -0.4 is 0 Å². The van der Waals surface area contributed by atoms with Crippen molar-refractivity contribution in [3.8, 4) is 5.69 Å². The minimum Gasteiger partial charge on any atom is -0.282 e. The minimum atomic E-state index is -0.0540. The SMILES string of the molecule is O=C1CCCC(=O)N1CCc1cnn(-c2ccccc2)c1. The Balaban J connectivity index is 1.65. The maximum atomic E-state index is 11.7. The Morgan fingerprint density at radius 3 is 2.48 bits per heavy atom. The van der Waals surface area contributed by atoms with E-state index in [9.17, 15) is 9.59 Å². The lowest BCUT2D eigenvalue weighted by atomic mass is 10.1. The number of rotatable bonds is 4. The number of carbonyl (C=O) groups is 2. The van der Waals surface area contributed by atoms with Crippen molar-refractivity contribution < 1.29 is 9.59 Å². The molecule has 0 saturated carbocycles. The summed E-state index contributed by atoms with van der Waals surface area (Å²) in [7, 11) is 0. The van der Waals surface area contributed by atoms with Crippen LogP contribution in [0.4, 0.5) is 0 Å². The molecule has 0 spiro atoms. The van der Waals surface area contributed by atoms with Crippen LogP contribution in [0.15, 0.2) is 42.7 Å². The van der Waals surface area contributed by atoms with Crippen molar-refractivity contribution >= 4 is 11.8 Å². The molecule has 2 heterocycles. The Labute approximate surface area is 123 Å². The fourth-order valence-electron chi connectivity index (χ4n) is 2.50. The number of aromatic nitrogens is 2. The highest BCUT2D eigenvalue weighted by atomic mass is 16.2. The fourth-order valence-corrected chi connectivity index (χ4v) is 2.50. The molecule has 3 rings (SSSR count). The zero-order chi connectivity index (χ0) is 14.7. The molecule has 0 atom stereocenters. The topological polar surface area (TPSA) is 55.2 Å². The molecular weight excluding hydrogens is 266 g/mol. The molecule has 0 N–H and O–H groups in total. The second kappa shape index (κ2) is 5.91. The Bertz CT molecular complexity index is 633. The van der Waals surface area contributed by atoms with E-state index in [1.807, 2.05) is 36.5 Å². The molecule has 1 saturated heterocycles. The van der Waals surface area contributed by atoms with E-state index in [-0.39, 0.29) is 11.8 Å². The number of hydrogen-bond donors (Lipinski definition) is 0. The number of nitrogens with zero attached hydrogens (tertiary/aromatic N) is 3. The number of piperidine rings is 1. The predicted molar refractivity (Wildman–Crippen MR) is 77.8 cm³/mol. The molecule has 0 aliphatic carbocycles. The van der Waals surface area contributed by atoms with Gasteiger partial charge >= 0.3 is 0 Å². The van der Waals surface area contributed by atoms with E-state index in [1.54, 1.807) is 10.9 Å². The summed E-state index contributed by atoms with van der Waals surface area (Å²) in [6, 6.07) is 9.84. The van der Waals surface area contributed by atoms with Gasteiger partial charge in [-0.1, -0.05) is 18.2 Å². The Kier molecular flexibility index (Phi) is 3.81. The molecule has 1 aromatic heterocycles. The largest absolute Gasteiger partial charge is 0.282 e. The highest BCUT2D eigenvalue weighted by Crippen LogP contribution is 2.14. The number of hydrogen-bond acceptors (Lipinski definition) is 3. The van der Waals surface area contributed by atoms with Gasteiger partial charge in [-0.3, -0.25) is 14.5 Å². The summed E-state index contributed by atoms with van der Waals surface area (Å²) in [6.07, 6.45) is 6.01. The van der Waals surface area contributed by atoms with Crippen LogP contribution in [0.2, 0.25) is 0 Å². The summed E-state index contributed by atoms with van der Waals surface area (Å²) < 4.78 is 1.80. The van der Waals surface area contributed by atoms with Crippen LogP contribution >= 0.6 is 0 Å². The van der Waals surface area contributed by atoms with E-state index in [0.29, 0.717) is 32.2 Å². The average Bonchev–Trinajstić information content (AvgIpc) is 2.97. The van der Waals surface area contributed by atoms with E-state index in [2.05, 4.69) is 5.10 Å². The molecule has 1 aromatic carbocycles.